The number of thioether (sulfide) groups is 1. The van der Waals surface area contributed by atoms with Crippen molar-refractivity contribution in [2.45, 2.75) is 31.5 Å². The van der Waals surface area contributed by atoms with Crippen LogP contribution in [0.4, 0.5) is 0 Å². The normalized spacial score (nSPS) is 11.3. The molecule has 1 aromatic carbocycles. The van der Waals surface area contributed by atoms with Gasteiger partial charge in [0.2, 0.25) is 11.8 Å². The number of aromatic nitrogens is 4. The Morgan fingerprint density at radius 2 is 1.95 bits per heavy atom. The van der Waals surface area contributed by atoms with Crippen LogP contribution in [0.5, 0.6) is 0 Å². The molecule has 0 unspecified atom stereocenters. The first kappa shape index (κ1) is 14.8. The summed E-state index contributed by atoms with van der Waals surface area (Å²) in [6.07, 6.45) is 4.04. The maximum Gasteiger partial charge on any atom is 0.236 e. The van der Waals surface area contributed by atoms with Gasteiger partial charge in [0.15, 0.2) is 5.16 Å². The minimum absolute atomic E-state index is 0.240. The van der Waals surface area contributed by atoms with Crippen molar-refractivity contribution in [3.63, 3.8) is 0 Å². The number of benzene rings is 1. The molecule has 0 bridgehead atoms. The average molecular weight is 314 g/mol. The van der Waals surface area contributed by atoms with Gasteiger partial charge in [-0.3, -0.25) is 0 Å². The van der Waals surface area contributed by atoms with Gasteiger partial charge in [0, 0.05) is 17.7 Å². The molecular formula is C16H18N4OS. The number of rotatable bonds is 5. The zero-order valence-electron chi connectivity index (χ0n) is 12.9. The molecule has 0 atom stereocenters. The number of imidazole rings is 1. The highest BCUT2D eigenvalue weighted by atomic mass is 32.2. The van der Waals surface area contributed by atoms with Gasteiger partial charge in [-0.05, 0) is 6.26 Å². The molecule has 22 heavy (non-hydrogen) atoms. The molecule has 0 aliphatic carbocycles. The summed E-state index contributed by atoms with van der Waals surface area (Å²) in [4.78, 5) is 4.67. The molecule has 0 N–H and O–H groups in total. The van der Waals surface area contributed by atoms with Crippen LogP contribution in [-0.2, 0) is 6.54 Å². The lowest BCUT2D eigenvalue weighted by molar-refractivity contribution is 0.418. The Kier molecular flexibility index (Phi) is 4.29. The lowest BCUT2D eigenvalue weighted by atomic mass is 10.2. The van der Waals surface area contributed by atoms with Crippen LogP contribution in [-0.4, -0.2) is 26.0 Å². The predicted octanol–water partition coefficient (Wildman–Crippen LogP) is 3.83. The van der Waals surface area contributed by atoms with E-state index in [4.69, 9.17) is 4.42 Å². The summed E-state index contributed by atoms with van der Waals surface area (Å²) >= 11 is 1.61. The fourth-order valence-corrected chi connectivity index (χ4v) is 2.67. The Morgan fingerprint density at radius 3 is 2.59 bits per heavy atom. The minimum atomic E-state index is 0.240. The summed E-state index contributed by atoms with van der Waals surface area (Å²) in [6, 6.07) is 10.1. The first-order chi connectivity index (χ1) is 10.7. The third-order valence-electron chi connectivity index (χ3n) is 3.27. The van der Waals surface area contributed by atoms with Crippen molar-refractivity contribution in [3.8, 4) is 11.3 Å². The summed E-state index contributed by atoms with van der Waals surface area (Å²) in [5.41, 5.74) is 2.05. The number of hydrogen-bond acceptors (Lipinski definition) is 5. The highest BCUT2D eigenvalue weighted by Gasteiger charge is 2.14. The largest absolute Gasteiger partial charge is 0.423 e. The van der Waals surface area contributed by atoms with Crippen molar-refractivity contribution in [1.29, 1.82) is 0 Å². The quantitative estimate of drug-likeness (QED) is 0.670. The molecular weight excluding hydrogens is 296 g/mol. The maximum absolute atomic E-state index is 5.68. The molecule has 0 aliphatic rings. The van der Waals surface area contributed by atoms with Gasteiger partial charge >= 0.3 is 0 Å². The molecule has 114 valence electrons. The maximum atomic E-state index is 5.68. The van der Waals surface area contributed by atoms with Crippen molar-refractivity contribution >= 4 is 11.8 Å². The van der Waals surface area contributed by atoms with Gasteiger partial charge in [0.1, 0.15) is 6.54 Å². The van der Waals surface area contributed by atoms with Crippen LogP contribution in [0.15, 0.2) is 46.1 Å². The second-order valence-corrected chi connectivity index (χ2v) is 6.07. The fourth-order valence-electron chi connectivity index (χ4n) is 2.13. The van der Waals surface area contributed by atoms with Crippen LogP contribution in [0.1, 0.15) is 31.5 Å². The topological polar surface area (TPSA) is 56.7 Å². The van der Waals surface area contributed by atoms with Crippen LogP contribution in [0.3, 0.4) is 0 Å². The van der Waals surface area contributed by atoms with E-state index in [2.05, 4.69) is 27.3 Å². The highest BCUT2D eigenvalue weighted by Crippen LogP contribution is 2.24. The van der Waals surface area contributed by atoms with E-state index in [-0.39, 0.29) is 5.92 Å². The van der Waals surface area contributed by atoms with Crippen molar-refractivity contribution in [2.75, 3.05) is 6.26 Å². The molecule has 0 spiro atoms. The molecule has 2 aromatic heterocycles. The third-order valence-corrected chi connectivity index (χ3v) is 3.96. The van der Waals surface area contributed by atoms with Crippen LogP contribution in [0.2, 0.25) is 0 Å². The third kappa shape index (κ3) is 3.06. The molecule has 0 saturated carbocycles. The summed E-state index contributed by atoms with van der Waals surface area (Å²) in [6.45, 7) is 4.61. The zero-order chi connectivity index (χ0) is 15.5. The first-order valence-electron chi connectivity index (χ1n) is 7.16. The minimum Gasteiger partial charge on any atom is -0.423 e. The van der Waals surface area contributed by atoms with Gasteiger partial charge in [0.05, 0.1) is 5.69 Å². The average Bonchev–Trinajstić information content (AvgIpc) is 3.15. The van der Waals surface area contributed by atoms with Crippen molar-refractivity contribution in [1.82, 2.24) is 19.7 Å². The van der Waals surface area contributed by atoms with Gasteiger partial charge in [-0.1, -0.05) is 55.9 Å². The van der Waals surface area contributed by atoms with Crippen molar-refractivity contribution < 1.29 is 4.42 Å². The van der Waals surface area contributed by atoms with Crippen LogP contribution in [0, 0.1) is 0 Å². The van der Waals surface area contributed by atoms with Crippen molar-refractivity contribution in [2.24, 2.45) is 0 Å². The van der Waals surface area contributed by atoms with Gasteiger partial charge in [-0.25, -0.2) is 4.98 Å². The van der Waals surface area contributed by atoms with E-state index in [0.717, 1.165) is 16.4 Å². The second kappa shape index (κ2) is 6.36. The lowest BCUT2D eigenvalue weighted by Crippen LogP contribution is -2.00. The first-order valence-corrected chi connectivity index (χ1v) is 8.38. The standard InChI is InChI=1S/C16H18N4OS/c1-11(2)15-19-18-14(21-15)10-20-9-13(17-16(20)22-3)12-7-5-4-6-8-12/h4-9,11H,10H2,1-3H3. The van der Waals surface area contributed by atoms with Crippen LogP contribution in [0.25, 0.3) is 11.3 Å². The summed E-state index contributed by atoms with van der Waals surface area (Å²) in [5.74, 6) is 1.52. The van der Waals surface area contributed by atoms with E-state index in [1.54, 1.807) is 11.8 Å². The number of hydrogen-bond donors (Lipinski definition) is 0. The molecule has 3 rings (SSSR count). The van der Waals surface area contributed by atoms with Crippen LogP contribution >= 0.6 is 11.8 Å². The van der Waals surface area contributed by atoms with E-state index in [1.165, 1.54) is 0 Å². The summed E-state index contributed by atoms with van der Waals surface area (Å²) in [7, 11) is 0. The van der Waals surface area contributed by atoms with Gasteiger partial charge in [0.25, 0.3) is 0 Å². The molecule has 0 amide bonds. The van der Waals surface area contributed by atoms with E-state index in [0.29, 0.717) is 18.3 Å². The smallest absolute Gasteiger partial charge is 0.236 e. The Hall–Kier alpha value is -2.08. The molecule has 6 heteroatoms. The van der Waals surface area contributed by atoms with Crippen molar-refractivity contribution in [3.05, 3.63) is 48.3 Å². The Morgan fingerprint density at radius 1 is 1.18 bits per heavy atom. The van der Waals surface area contributed by atoms with E-state index in [1.807, 2.05) is 49.1 Å². The SMILES string of the molecule is CSc1nc(-c2ccccc2)cn1Cc1nnc(C(C)C)o1. The molecule has 2 heterocycles. The molecule has 3 aromatic rings. The van der Waals surface area contributed by atoms with E-state index >= 15 is 0 Å². The highest BCUT2D eigenvalue weighted by molar-refractivity contribution is 7.98. The molecule has 0 fully saturated rings. The van der Waals surface area contributed by atoms with Crippen LogP contribution < -0.4 is 0 Å². The van der Waals surface area contributed by atoms with Gasteiger partial charge < -0.3 is 8.98 Å². The monoisotopic (exact) mass is 314 g/mol. The number of nitrogens with zero attached hydrogens (tertiary/aromatic N) is 4. The van der Waals surface area contributed by atoms with Gasteiger partial charge in [-0.2, -0.15) is 0 Å². The van der Waals surface area contributed by atoms with E-state index in [9.17, 15) is 0 Å². The zero-order valence-corrected chi connectivity index (χ0v) is 13.7. The summed E-state index contributed by atoms with van der Waals surface area (Å²) < 4.78 is 7.73. The Labute approximate surface area is 133 Å². The fraction of sp³-hybridized carbons (Fsp3) is 0.312. The Balaban J connectivity index is 1.88. The predicted molar refractivity (Wildman–Crippen MR) is 86.9 cm³/mol. The summed E-state index contributed by atoms with van der Waals surface area (Å²) in [5, 5.41) is 9.12. The van der Waals surface area contributed by atoms with E-state index < -0.39 is 0 Å². The van der Waals surface area contributed by atoms with Gasteiger partial charge in [-0.15, -0.1) is 10.2 Å². The molecule has 0 radical (unpaired) electrons. The lowest BCUT2D eigenvalue weighted by Gasteiger charge is -2.01. The Bertz CT molecular complexity index is 749. The second-order valence-electron chi connectivity index (χ2n) is 5.30. The molecule has 0 saturated heterocycles. The molecule has 5 nitrogen and oxygen atoms in total. The molecule has 0 aliphatic heterocycles.